The van der Waals surface area contributed by atoms with Gasteiger partial charge in [-0.25, -0.2) is 0 Å². The molecule has 1 atom stereocenters. The van der Waals surface area contributed by atoms with Crippen LogP contribution in [0.3, 0.4) is 0 Å². The van der Waals surface area contributed by atoms with Crippen LogP contribution in [0.5, 0.6) is 0 Å². The van der Waals surface area contributed by atoms with E-state index < -0.39 is 17.9 Å². The molecule has 1 aromatic rings. The van der Waals surface area contributed by atoms with E-state index in [4.69, 9.17) is 5.11 Å². The summed E-state index contributed by atoms with van der Waals surface area (Å²) in [7, 11) is 0. The van der Waals surface area contributed by atoms with Gasteiger partial charge in [0.1, 0.15) is 6.04 Å². The molecule has 2 amide bonds. The number of carbonyl (C=O) groups is 3. The van der Waals surface area contributed by atoms with Gasteiger partial charge in [-0.1, -0.05) is 12.8 Å². The van der Waals surface area contributed by atoms with Gasteiger partial charge >= 0.3 is 5.97 Å². The Morgan fingerprint density at radius 2 is 1.78 bits per heavy atom. The zero-order valence-electron chi connectivity index (χ0n) is 13.2. The maximum atomic E-state index is 12.0. The third-order valence-corrected chi connectivity index (χ3v) is 4.10. The van der Waals surface area contributed by atoms with Crippen molar-refractivity contribution in [3.63, 3.8) is 0 Å². The van der Waals surface area contributed by atoms with Gasteiger partial charge in [0, 0.05) is 17.7 Å². The topological polar surface area (TPSA) is 95.5 Å². The number of amides is 2. The Hall–Kier alpha value is -2.37. The molecular formula is C17H22N2O4. The van der Waals surface area contributed by atoms with E-state index >= 15 is 0 Å². The number of anilines is 1. The van der Waals surface area contributed by atoms with E-state index in [1.54, 1.807) is 24.3 Å². The van der Waals surface area contributed by atoms with E-state index in [1.165, 1.54) is 19.8 Å². The predicted molar refractivity (Wildman–Crippen MR) is 86.2 cm³/mol. The second kappa shape index (κ2) is 7.76. The number of benzene rings is 1. The molecule has 1 fully saturated rings. The summed E-state index contributed by atoms with van der Waals surface area (Å²) in [5.74, 6) is -1.07. The summed E-state index contributed by atoms with van der Waals surface area (Å²) >= 11 is 0. The van der Waals surface area contributed by atoms with E-state index in [2.05, 4.69) is 10.6 Å². The first-order chi connectivity index (χ1) is 11.0. The molecule has 0 spiro atoms. The fourth-order valence-corrected chi connectivity index (χ4v) is 2.74. The van der Waals surface area contributed by atoms with Crippen LogP contribution < -0.4 is 10.6 Å². The number of rotatable bonds is 6. The lowest BCUT2D eigenvalue weighted by atomic mass is 10.0. The first-order valence-corrected chi connectivity index (χ1v) is 7.89. The van der Waals surface area contributed by atoms with Crippen LogP contribution in [0.1, 0.15) is 49.4 Å². The molecule has 0 aromatic heterocycles. The number of nitrogens with one attached hydrogen (secondary N) is 2. The van der Waals surface area contributed by atoms with E-state index in [-0.39, 0.29) is 5.91 Å². The van der Waals surface area contributed by atoms with Crippen LogP contribution in [0.2, 0.25) is 0 Å². The van der Waals surface area contributed by atoms with Crippen molar-refractivity contribution in [2.24, 2.45) is 5.92 Å². The van der Waals surface area contributed by atoms with Gasteiger partial charge in [-0.2, -0.15) is 0 Å². The molecule has 6 heteroatoms. The van der Waals surface area contributed by atoms with Crippen molar-refractivity contribution in [2.75, 3.05) is 5.32 Å². The van der Waals surface area contributed by atoms with Crippen LogP contribution in [0.4, 0.5) is 5.69 Å². The van der Waals surface area contributed by atoms with Gasteiger partial charge in [0.15, 0.2) is 0 Å². The van der Waals surface area contributed by atoms with Crippen LogP contribution in [-0.4, -0.2) is 28.9 Å². The summed E-state index contributed by atoms with van der Waals surface area (Å²) in [6, 6.07) is 5.47. The van der Waals surface area contributed by atoms with Crippen LogP contribution in [0, 0.1) is 5.92 Å². The number of carbonyl (C=O) groups excluding carboxylic acids is 2. The minimum Gasteiger partial charge on any atom is -0.480 e. The molecule has 2 rings (SSSR count). The van der Waals surface area contributed by atoms with Gasteiger partial charge in [-0.15, -0.1) is 0 Å². The molecule has 1 aliphatic carbocycles. The van der Waals surface area contributed by atoms with Gasteiger partial charge in [-0.3, -0.25) is 14.4 Å². The van der Waals surface area contributed by atoms with Gasteiger partial charge in [0.05, 0.1) is 0 Å². The summed E-state index contributed by atoms with van der Waals surface area (Å²) in [4.78, 5) is 34.5. The van der Waals surface area contributed by atoms with Crippen molar-refractivity contribution < 1.29 is 19.5 Å². The molecule has 124 valence electrons. The zero-order valence-corrected chi connectivity index (χ0v) is 13.2. The molecule has 6 nitrogen and oxygen atoms in total. The summed E-state index contributed by atoms with van der Waals surface area (Å²) in [5.41, 5.74) is 0.989. The van der Waals surface area contributed by atoms with Crippen LogP contribution in [0.25, 0.3) is 0 Å². The van der Waals surface area contributed by atoms with Crippen LogP contribution in [0.15, 0.2) is 24.3 Å². The normalized spacial score (nSPS) is 15.9. The molecular weight excluding hydrogens is 296 g/mol. The molecule has 1 aliphatic rings. The Labute approximate surface area is 135 Å². The molecule has 0 bridgehead atoms. The second-order valence-electron chi connectivity index (χ2n) is 6.01. The standard InChI is InChI=1S/C17H22N2O4/c1-11(17(22)23)18-16(21)13-6-8-14(9-7-13)19-15(20)10-12-4-2-3-5-12/h6-9,11-12H,2-5,10H2,1H3,(H,18,21)(H,19,20)(H,22,23)/t11-/m0/s1. The van der Waals surface area contributed by atoms with Gasteiger partial charge in [-0.05, 0) is 49.9 Å². The maximum Gasteiger partial charge on any atom is 0.325 e. The average molecular weight is 318 g/mol. The molecule has 0 saturated heterocycles. The minimum absolute atomic E-state index is 0.00593. The molecule has 0 heterocycles. The van der Waals surface area contributed by atoms with Crippen molar-refractivity contribution in [1.82, 2.24) is 5.32 Å². The van der Waals surface area contributed by atoms with E-state index in [9.17, 15) is 14.4 Å². The highest BCUT2D eigenvalue weighted by Gasteiger charge is 2.19. The Bertz CT molecular complexity index is 577. The summed E-state index contributed by atoms with van der Waals surface area (Å²) in [5, 5.41) is 14.0. The zero-order chi connectivity index (χ0) is 16.8. The number of hydrogen-bond acceptors (Lipinski definition) is 3. The number of carboxylic acids is 1. The van der Waals surface area contributed by atoms with Gasteiger partial charge < -0.3 is 15.7 Å². The fourth-order valence-electron chi connectivity index (χ4n) is 2.74. The number of hydrogen-bond donors (Lipinski definition) is 3. The number of aliphatic carboxylic acids is 1. The molecule has 3 N–H and O–H groups in total. The van der Waals surface area contributed by atoms with E-state index in [0.717, 1.165) is 12.8 Å². The maximum absolute atomic E-state index is 12.0. The van der Waals surface area contributed by atoms with Gasteiger partial charge in [0.25, 0.3) is 5.91 Å². The minimum atomic E-state index is -1.09. The SMILES string of the molecule is C[C@H](NC(=O)c1ccc(NC(=O)CC2CCCC2)cc1)C(=O)O. The van der Waals surface area contributed by atoms with Crippen molar-refractivity contribution in [1.29, 1.82) is 0 Å². The summed E-state index contributed by atoms with van der Waals surface area (Å²) in [6.45, 7) is 1.40. The van der Waals surface area contributed by atoms with Crippen molar-refractivity contribution in [3.8, 4) is 0 Å². The summed E-state index contributed by atoms with van der Waals surface area (Å²) in [6.07, 6.45) is 5.19. The van der Waals surface area contributed by atoms with Crippen molar-refractivity contribution in [2.45, 2.75) is 45.1 Å². The summed E-state index contributed by atoms with van der Waals surface area (Å²) < 4.78 is 0. The lowest BCUT2D eigenvalue weighted by Gasteiger charge is -2.11. The predicted octanol–water partition coefficient (Wildman–Crippen LogP) is 2.41. The first kappa shape index (κ1) is 17.0. The quantitative estimate of drug-likeness (QED) is 0.750. The first-order valence-electron chi connectivity index (χ1n) is 7.89. The average Bonchev–Trinajstić information content (AvgIpc) is 3.00. The third kappa shape index (κ3) is 5.09. The Kier molecular flexibility index (Phi) is 5.73. The molecule has 1 aromatic carbocycles. The lowest BCUT2D eigenvalue weighted by molar-refractivity contribution is -0.138. The molecule has 23 heavy (non-hydrogen) atoms. The largest absolute Gasteiger partial charge is 0.480 e. The highest BCUT2D eigenvalue weighted by atomic mass is 16.4. The van der Waals surface area contributed by atoms with E-state index in [0.29, 0.717) is 23.6 Å². The van der Waals surface area contributed by atoms with Crippen LogP contribution in [-0.2, 0) is 9.59 Å². The highest BCUT2D eigenvalue weighted by molar-refractivity contribution is 5.97. The molecule has 0 radical (unpaired) electrons. The third-order valence-electron chi connectivity index (χ3n) is 4.10. The highest BCUT2D eigenvalue weighted by Crippen LogP contribution is 2.27. The Morgan fingerprint density at radius 3 is 2.35 bits per heavy atom. The smallest absolute Gasteiger partial charge is 0.325 e. The monoisotopic (exact) mass is 318 g/mol. The van der Waals surface area contributed by atoms with Gasteiger partial charge in [0.2, 0.25) is 5.91 Å². The van der Waals surface area contributed by atoms with Crippen molar-refractivity contribution >= 4 is 23.5 Å². The van der Waals surface area contributed by atoms with Crippen LogP contribution >= 0.6 is 0 Å². The second-order valence-corrected chi connectivity index (χ2v) is 6.01. The van der Waals surface area contributed by atoms with E-state index in [1.807, 2.05) is 0 Å². The lowest BCUT2D eigenvalue weighted by Crippen LogP contribution is -2.38. The fraction of sp³-hybridized carbons (Fsp3) is 0.471. The molecule has 0 aliphatic heterocycles. The molecule has 0 unspecified atom stereocenters. The Morgan fingerprint density at radius 1 is 1.17 bits per heavy atom. The number of carboxylic acid groups (broad SMARTS) is 1. The Balaban J connectivity index is 1.87. The van der Waals surface area contributed by atoms with Crippen molar-refractivity contribution in [3.05, 3.63) is 29.8 Å². The molecule has 1 saturated carbocycles.